The van der Waals surface area contributed by atoms with Crippen LogP contribution in [0.3, 0.4) is 0 Å². The van der Waals surface area contributed by atoms with Crippen molar-refractivity contribution in [3.63, 3.8) is 0 Å². The molecule has 38 heavy (non-hydrogen) atoms. The molecule has 3 aromatic carbocycles. The van der Waals surface area contributed by atoms with Crippen molar-refractivity contribution >= 4 is 40.1 Å². The summed E-state index contributed by atoms with van der Waals surface area (Å²) in [4.78, 5) is 43.5. The summed E-state index contributed by atoms with van der Waals surface area (Å²) in [6.07, 6.45) is 0. The third-order valence-electron chi connectivity index (χ3n) is 6.69. The lowest BCUT2D eigenvalue weighted by Crippen LogP contribution is -2.49. The number of carbonyl (C=O) groups is 2. The molecule has 1 aromatic heterocycles. The number of esters is 1. The fraction of sp³-hybridized carbons (Fsp3) is 0.207. The maximum Gasteiger partial charge on any atom is 0.347 e. The zero-order valence-electron chi connectivity index (χ0n) is 20.5. The van der Waals surface area contributed by atoms with Crippen molar-refractivity contribution in [2.75, 3.05) is 37.1 Å². The molecule has 0 N–H and O–H groups in total. The summed E-state index contributed by atoms with van der Waals surface area (Å²) in [5.41, 5.74) is 1.92. The molecule has 0 unspecified atom stereocenters. The average Bonchev–Trinajstić information content (AvgIpc) is 2.95. The second-order valence-electron chi connectivity index (χ2n) is 8.94. The number of anilines is 1. The Kier molecular flexibility index (Phi) is 7.42. The van der Waals surface area contributed by atoms with E-state index in [1.54, 1.807) is 9.47 Å². The molecular formula is C29H25ClFN3O4. The number of pyridine rings is 1. The summed E-state index contributed by atoms with van der Waals surface area (Å²) in [7, 11) is 0. The van der Waals surface area contributed by atoms with Crippen LogP contribution >= 0.6 is 11.6 Å². The Labute approximate surface area is 223 Å². The van der Waals surface area contributed by atoms with Crippen molar-refractivity contribution in [2.45, 2.75) is 6.54 Å². The Morgan fingerprint density at radius 1 is 0.868 bits per heavy atom. The molecule has 1 amide bonds. The van der Waals surface area contributed by atoms with Gasteiger partial charge in [0, 0.05) is 37.1 Å². The number of para-hydroxylation sites is 1. The average molecular weight is 534 g/mol. The number of benzene rings is 3. The van der Waals surface area contributed by atoms with Gasteiger partial charge in [0.15, 0.2) is 6.07 Å². The lowest BCUT2D eigenvalue weighted by molar-refractivity contribution is 0.0571. The molecule has 7 nitrogen and oxygen atoms in total. The standard InChI is InChI=1S/C29H25ClFN3O4/c30-19-38-29(37)25-26(32-14-16-33(17-15-32)27(35)21-10-12-22(31)13-11-21)23-8-4-5-9-24(23)34(28(25)36)18-20-6-2-1-3-7-20/h1-13H,14-19H2. The number of aromatic nitrogens is 1. The van der Waals surface area contributed by atoms with Gasteiger partial charge in [0.2, 0.25) is 0 Å². The SMILES string of the molecule is O=C(OCCl)c1c(N2CCN(C(=O)c3ccc(F)cc3)CC2)c2ccccc2n(Cc2ccccc2)c1=O. The third-order valence-corrected chi connectivity index (χ3v) is 6.80. The molecule has 1 saturated heterocycles. The van der Waals surface area contributed by atoms with Gasteiger partial charge in [-0.05, 0) is 35.9 Å². The lowest BCUT2D eigenvalue weighted by Gasteiger charge is -2.37. The van der Waals surface area contributed by atoms with E-state index < -0.39 is 17.3 Å². The first-order chi connectivity index (χ1) is 18.5. The van der Waals surface area contributed by atoms with Crippen LogP contribution in [0.4, 0.5) is 10.1 Å². The normalized spacial score (nSPS) is 13.5. The molecule has 0 radical (unpaired) electrons. The number of carbonyl (C=O) groups excluding carboxylic acids is 2. The van der Waals surface area contributed by atoms with Crippen LogP contribution in [0.5, 0.6) is 0 Å². The number of alkyl halides is 1. The fourth-order valence-corrected chi connectivity index (χ4v) is 4.95. The van der Waals surface area contributed by atoms with Crippen LogP contribution in [0.25, 0.3) is 10.9 Å². The van der Waals surface area contributed by atoms with E-state index >= 15 is 0 Å². The zero-order valence-corrected chi connectivity index (χ0v) is 21.2. The Morgan fingerprint density at radius 2 is 1.53 bits per heavy atom. The minimum atomic E-state index is -0.794. The van der Waals surface area contributed by atoms with Gasteiger partial charge in [0.05, 0.1) is 17.7 Å². The van der Waals surface area contributed by atoms with Gasteiger partial charge in [-0.3, -0.25) is 9.59 Å². The number of rotatable bonds is 6. The highest BCUT2D eigenvalue weighted by molar-refractivity contribution is 6.18. The highest BCUT2D eigenvalue weighted by atomic mass is 35.5. The van der Waals surface area contributed by atoms with Crippen LogP contribution in [-0.2, 0) is 11.3 Å². The van der Waals surface area contributed by atoms with Gasteiger partial charge in [-0.1, -0.05) is 60.1 Å². The Morgan fingerprint density at radius 3 is 2.21 bits per heavy atom. The van der Waals surface area contributed by atoms with E-state index in [4.69, 9.17) is 16.3 Å². The maximum absolute atomic E-state index is 13.8. The molecule has 0 aliphatic carbocycles. The maximum atomic E-state index is 13.8. The van der Waals surface area contributed by atoms with E-state index in [1.165, 1.54) is 24.3 Å². The number of halogens is 2. The number of amides is 1. The third kappa shape index (κ3) is 4.99. The number of fused-ring (bicyclic) bond motifs is 1. The summed E-state index contributed by atoms with van der Waals surface area (Å²) < 4.78 is 20.0. The molecule has 5 rings (SSSR count). The summed E-state index contributed by atoms with van der Waals surface area (Å²) >= 11 is 5.71. The minimum absolute atomic E-state index is 0.0846. The summed E-state index contributed by atoms with van der Waals surface area (Å²) in [6.45, 7) is 1.78. The first-order valence-corrected chi connectivity index (χ1v) is 12.7. The molecule has 0 spiro atoms. The highest BCUT2D eigenvalue weighted by Gasteiger charge is 2.30. The predicted molar refractivity (Wildman–Crippen MR) is 144 cm³/mol. The van der Waals surface area contributed by atoms with Crippen molar-refractivity contribution in [2.24, 2.45) is 0 Å². The van der Waals surface area contributed by atoms with Crippen LogP contribution in [0, 0.1) is 5.82 Å². The molecule has 2 heterocycles. The van der Waals surface area contributed by atoms with Crippen molar-refractivity contribution in [1.82, 2.24) is 9.47 Å². The highest BCUT2D eigenvalue weighted by Crippen LogP contribution is 2.31. The smallest absolute Gasteiger partial charge is 0.347 e. The molecule has 1 aliphatic rings. The van der Waals surface area contributed by atoms with Crippen LogP contribution in [0.15, 0.2) is 83.7 Å². The number of nitrogens with zero attached hydrogens (tertiary/aromatic N) is 3. The van der Waals surface area contributed by atoms with Crippen LogP contribution < -0.4 is 10.5 Å². The van der Waals surface area contributed by atoms with E-state index in [0.29, 0.717) is 42.9 Å². The number of ether oxygens (including phenoxy) is 1. The molecule has 4 aromatic rings. The number of hydrogen-bond acceptors (Lipinski definition) is 5. The fourth-order valence-electron chi connectivity index (χ4n) is 4.85. The second-order valence-corrected chi connectivity index (χ2v) is 9.16. The molecule has 1 fully saturated rings. The van der Waals surface area contributed by atoms with Crippen molar-refractivity contribution < 1.29 is 18.7 Å². The minimum Gasteiger partial charge on any atom is -0.446 e. The summed E-state index contributed by atoms with van der Waals surface area (Å²) in [5.74, 6) is -1.40. The Bertz CT molecular complexity index is 1530. The first kappa shape index (κ1) is 25.5. The van der Waals surface area contributed by atoms with Gasteiger partial charge < -0.3 is 19.1 Å². The van der Waals surface area contributed by atoms with Crippen molar-refractivity contribution in [1.29, 1.82) is 0 Å². The Hall–Kier alpha value is -4.17. The molecule has 194 valence electrons. The predicted octanol–water partition coefficient (Wildman–Crippen LogP) is 4.50. The van der Waals surface area contributed by atoms with Crippen molar-refractivity contribution in [3.8, 4) is 0 Å². The summed E-state index contributed by atoms with van der Waals surface area (Å²) in [6, 6.07) is 22.0. The molecule has 0 bridgehead atoms. The van der Waals surface area contributed by atoms with Crippen LogP contribution in [-0.4, -0.2) is 53.6 Å². The molecule has 1 aliphatic heterocycles. The number of piperazine rings is 1. The lowest BCUT2D eigenvalue weighted by atomic mass is 10.0. The quantitative estimate of drug-likeness (QED) is 0.269. The number of hydrogen-bond donors (Lipinski definition) is 0. The van der Waals surface area contributed by atoms with Gasteiger partial charge in [-0.2, -0.15) is 0 Å². The first-order valence-electron chi connectivity index (χ1n) is 12.2. The van der Waals surface area contributed by atoms with Gasteiger partial charge in [0.25, 0.3) is 11.5 Å². The van der Waals surface area contributed by atoms with Gasteiger partial charge in [-0.15, -0.1) is 0 Å². The Balaban J connectivity index is 1.54. The zero-order chi connectivity index (χ0) is 26.6. The van der Waals surface area contributed by atoms with E-state index in [2.05, 4.69) is 0 Å². The van der Waals surface area contributed by atoms with E-state index in [-0.39, 0.29) is 24.1 Å². The molecule has 9 heteroatoms. The molecule has 0 atom stereocenters. The van der Waals surface area contributed by atoms with E-state index in [0.717, 1.165) is 10.9 Å². The van der Waals surface area contributed by atoms with E-state index in [9.17, 15) is 18.8 Å². The van der Waals surface area contributed by atoms with Gasteiger partial charge in [0.1, 0.15) is 11.4 Å². The van der Waals surface area contributed by atoms with Crippen LogP contribution in [0.1, 0.15) is 26.3 Å². The van der Waals surface area contributed by atoms with Gasteiger partial charge in [-0.25, -0.2) is 9.18 Å². The summed E-state index contributed by atoms with van der Waals surface area (Å²) in [5, 5.41) is 0.725. The molecular weight excluding hydrogens is 509 g/mol. The van der Waals surface area contributed by atoms with Crippen molar-refractivity contribution in [3.05, 3.63) is 112 Å². The largest absolute Gasteiger partial charge is 0.446 e. The van der Waals surface area contributed by atoms with Gasteiger partial charge >= 0.3 is 5.97 Å². The molecule has 0 saturated carbocycles. The topological polar surface area (TPSA) is 71.8 Å². The monoisotopic (exact) mass is 533 g/mol. The van der Waals surface area contributed by atoms with Crippen LogP contribution in [0.2, 0.25) is 0 Å². The van der Waals surface area contributed by atoms with E-state index in [1.807, 2.05) is 59.5 Å². The second kappa shape index (κ2) is 11.1.